The molecule has 0 saturated heterocycles. The normalized spacial score (nSPS) is 11.5. The smallest absolute Gasteiger partial charge is 0.416 e. The van der Waals surface area contributed by atoms with Crippen LogP contribution < -0.4 is 24.6 Å². The molecule has 8 nitrogen and oxygen atoms in total. The SMILES string of the molecule is COc1cc(CC(=O)OCc2c(OC(C)C)ccc3c(C)c(Cc4ccc(C(F)(F)F)cc4)c(=O)oc23)cc(OC)c1OC. The van der Waals surface area contributed by atoms with Gasteiger partial charge in [-0.05, 0) is 73.9 Å². The summed E-state index contributed by atoms with van der Waals surface area (Å²) in [7, 11) is 4.43. The number of hydrogen-bond donors (Lipinski definition) is 0. The molecule has 0 atom stereocenters. The van der Waals surface area contributed by atoms with E-state index in [-0.39, 0.29) is 31.1 Å². The van der Waals surface area contributed by atoms with Gasteiger partial charge in [-0.1, -0.05) is 12.1 Å². The Kier molecular flexibility index (Phi) is 9.76. The number of ether oxygens (including phenoxy) is 5. The molecule has 0 unspecified atom stereocenters. The summed E-state index contributed by atoms with van der Waals surface area (Å²) in [4.78, 5) is 26.1. The number of halogens is 3. The van der Waals surface area contributed by atoms with Crippen LogP contribution in [0.15, 0.2) is 57.7 Å². The Hall–Kier alpha value is -4.67. The van der Waals surface area contributed by atoms with Gasteiger partial charge in [-0.2, -0.15) is 13.2 Å². The van der Waals surface area contributed by atoms with Crippen LogP contribution in [-0.4, -0.2) is 33.4 Å². The molecule has 0 bridgehead atoms. The molecule has 4 rings (SSSR count). The van der Waals surface area contributed by atoms with E-state index in [1.165, 1.54) is 33.5 Å². The van der Waals surface area contributed by atoms with Gasteiger partial charge < -0.3 is 28.1 Å². The van der Waals surface area contributed by atoms with Gasteiger partial charge in [0.1, 0.15) is 17.9 Å². The average molecular weight is 615 g/mol. The van der Waals surface area contributed by atoms with Crippen molar-refractivity contribution in [1.82, 2.24) is 0 Å². The van der Waals surface area contributed by atoms with Gasteiger partial charge in [0.15, 0.2) is 11.5 Å². The lowest BCUT2D eigenvalue weighted by atomic mass is 9.97. The Morgan fingerprint density at radius 1 is 0.864 bits per heavy atom. The van der Waals surface area contributed by atoms with Crippen molar-refractivity contribution in [3.8, 4) is 23.0 Å². The summed E-state index contributed by atoms with van der Waals surface area (Å²) in [6.07, 6.45) is -4.72. The van der Waals surface area contributed by atoms with E-state index in [0.717, 1.165) is 12.1 Å². The van der Waals surface area contributed by atoms with Crippen LogP contribution in [0.4, 0.5) is 13.2 Å². The maximum absolute atomic E-state index is 13.2. The molecule has 0 aliphatic rings. The molecular formula is C33H33F3O8. The quantitative estimate of drug-likeness (QED) is 0.134. The van der Waals surface area contributed by atoms with Gasteiger partial charge in [0, 0.05) is 17.4 Å². The molecule has 0 fully saturated rings. The highest BCUT2D eigenvalue weighted by Crippen LogP contribution is 2.38. The summed E-state index contributed by atoms with van der Waals surface area (Å²) >= 11 is 0. The molecule has 11 heteroatoms. The molecule has 44 heavy (non-hydrogen) atoms. The largest absolute Gasteiger partial charge is 0.493 e. The third-order valence-electron chi connectivity index (χ3n) is 6.99. The minimum atomic E-state index is -4.46. The molecular weight excluding hydrogens is 581 g/mol. The number of esters is 1. The van der Waals surface area contributed by atoms with Crippen molar-refractivity contribution in [2.24, 2.45) is 0 Å². The first kappa shape index (κ1) is 32.2. The zero-order valence-corrected chi connectivity index (χ0v) is 25.2. The number of carbonyl (C=O) groups is 1. The lowest BCUT2D eigenvalue weighted by Gasteiger charge is -2.17. The molecule has 0 aliphatic carbocycles. The minimum absolute atomic E-state index is 0.0750. The van der Waals surface area contributed by atoms with Gasteiger partial charge in [-0.25, -0.2) is 4.79 Å². The summed E-state index contributed by atoms with van der Waals surface area (Å²) in [6, 6.07) is 11.4. The first-order chi connectivity index (χ1) is 20.9. The van der Waals surface area contributed by atoms with Crippen molar-refractivity contribution in [3.63, 3.8) is 0 Å². The van der Waals surface area contributed by atoms with E-state index in [4.69, 9.17) is 28.1 Å². The van der Waals surface area contributed by atoms with Crippen LogP contribution >= 0.6 is 0 Å². The van der Waals surface area contributed by atoms with E-state index in [1.807, 2.05) is 13.8 Å². The topological polar surface area (TPSA) is 93.4 Å². The van der Waals surface area contributed by atoms with Crippen LogP contribution in [0.2, 0.25) is 0 Å². The number of rotatable bonds is 11. The van der Waals surface area contributed by atoms with E-state index < -0.39 is 23.3 Å². The van der Waals surface area contributed by atoms with Gasteiger partial charge in [0.05, 0.1) is 45.0 Å². The first-order valence-electron chi connectivity index (χ1n) is 13.7. The van der Waals surface area contributed by atoms with Crippen LogP contribution in [-0.2, 0) is 35.2 Å². The lowest BCUT2D eigenvalue weighted by Crippen LogP contribution is -2.15. The minimum Gasteiger partial charge on any atom is -0.493 e. The summed E-state index contributed by atoms with van der Waals surface area (Å²) < 4.78 is 72.3. The molecule has 0 radical (unpaired) electrons. The van der Waals surface area contributed by atoms with Crippen LogP contribution in [0, 0.1) is 6.92 Å². The van der Waals surface area contributed by atoms with Crippen LogP contribution in [0.25, 0.3) is 11.0 Å². The molecule has 4 aromatic rings. The van der Waals surface area contributed by atoms with Crippen molar-refractivity contribution < 1.29 is 46.1 Å². The fourth-order valence-corrected chi connectivity index (χ4v) is 4.82. The Balaban J connectivity index is 1.64. The van der Waals surface area contributed by atoms with E-state index in [9.17, 15) is 22.8 Å². The van der Waals surface area contributed by atoms with Gasteiger partial charge in [-0.15, -0.1) is 0 Å². The second-order valence-corrected chi connectivity index (χ2v) is 10.3. The molecule has 0 spiro atoms. The van der Waals surface area contributed by atoms with Crippen LogP contribution in [0.3, 0.4) is 0 Å². The average Bonchev–Trinajstić information content (AvgIpc) is 2.97. The Bertz CT molecular complexity index is 1680. The lowest BCUT2D eigenvalue weighted by molar-refractivity contribution is -0.144. The molecule has 1 heterocycles. The summed E-state index contributed by atoms with van der Waals surface area (Å²) in [6.45, 7) is 5.16. The van der Waals surface area contributed by atoms with Crippen LogP contribution in [0.5, 0.6) is 23.0 Å². The highest BCUT2D eigenvalue weighted by molar-refractivity contribution is 5.86. The molecule has 0 saturated carbocycles. The highest BCUT2D eigenvalue weighted by Gasteiger charge is 2.30. The number of hydrogen-bond acceptors (Lipinski definition) is 8. The number of methoxy groups -OCH3 is 3. The monoisotopic (exact) mass is 614 g/mol. The maximum atomic E-state index is 13.2. The fourth-order valence-electron chi connectivity index (χ4n) is 4.82. The van der Waals surface area contributed by atoms with Gasteiger partial charge in [0.2, 0.25) is 5.75 Å². The first-order valence-corrected chi connectivity index (χ1v) is 13.7. The van der Waals surface area contributed by atoms with E-state index in [0.29, 0.717) is 56.2 Å². The highest BCUT2D eigenvalue weighted by atomic mass is 19.4. The molecule has 3 aromatic carbocycles. The Morgan fingerprint density at radius 2 is 1.50 bits per heavy atom. The van der Waals surface area contributed by atoms with Crippen molar-refractivity contribution >= 4 is 16.9 Å². The van der Waals surface area contributed by atoms with Crippen molar-refractivity contribution in [1.29, 1.82) is 0 Å². The van der Waals surface area contributed by atoms with E-state index in [1.54, 1.807) is 31.2 Å². The second kappa shape index (κ2) is 13.3. The zero-order chi connectivity index (χ0) is 32.2. The van der Waals surface area contributed by atoms with Crippen molar-refractivity contribution in [3.05, 3.63) is 92.3 Å². The third-order valence-corrected chi connectivity index (χ3v) is 6.99. The van der Waals surface area contributed by atoms with Crippen LogP contribution in [0.1, 0.15) is 47.2 Å². The second-order valence-electron chi connectivity index (χ2n) is 10.3. The van der Waals surface area contributed by atoms with Crippen molar-refractivity contribution in [2.45, 2.75) is 52.5 Å². The number of aryl methyl sites for hydroxylation is 1. The number of benzene rings is 3. The van der Waals surface area contributed by atoms with E-state index in [2.05, 4.69) is 0 Å². The van der Waals surface area contributed by atoms with E-state index >= 15 is 0 Å². The molecule has 0 N–H and O–H groups in total. The summed E-state index contributed by atoms with van der Waals surface area (Å²) in [5, 5.41) is 0.582. The molecule has 0 aliphatic heterocycles. The standard InChI is InChI=1S/C33H33F3O8/c1-18(2)43-26-12-11-23-19(3)24(13-20-7-9-22(10-8-20)33(34,35)36)32(38)44-30(23)25(26)17-42-29(37)16-21-14-27(39-4)31(41-6)28(15-21)40-5/h7-12,14-15,18H,13,16-17H2,1-6H3. The van der Waals surface area contributed by atoms with Crippen molar-refractivity contribution in [2.75, 3.05) is 21.3 Å². The maximum Gasteiger partial charge on any atom is 0.416 e. The predicted octanol–water partition coefficient (Wildman–Crippen LogP) is 6.81. The van der Waals surface area contributed by atoms with Gasteiger partial charge in [-0.3, -0.25) is 4.79 Å². The van der Waals surface area contributed by atoms with Gasteiger partial charge >= 0.3 is 17.8 Å². The fraction of sp³-hybridized carbons (Fsp3) is 0.333. The van der Waals surface area contributed by atoms with Gasteiger partial charge in [0.25, 0.3) is 0 Å². The number of alkyl halides is 3. The number of fused-ring (bicyclic) bond motifs is 1. The summed E-state index contributed by atoms with van der Waals surface area (Å²) in [5.41, 5.74) is 1.13. The molecule has 0 amide bonds. The number of carbonyl (C=O) groups excluding carboxylic acids is 1. The summed E-state index contributed by atoms with van der Waals surface area (Å²) in [5.74, 6) is 0.985. The Morgan fingerprint density at radius 3 is 2.05 bits per heavy atom. The molecule has 234 valence electrons. The zero-order valence-electron chi connectivity index (χ0n) is 25.2. The molecule has 1 aromatic heterocycles. The third kappa shape index (κ3) is 7.10. The Labute approximate surface area is 252 Å². The predicted molar refractivity (Wildman–Crippen MR) is 157 cm³/mol.